The van der Waals surface area contributed by atoms with Gasteiger partial charge < -0.3 is 9.64 Å². The molecule has 0 aromatic heterocycles. The highest BCUT2D eigenvalue weighted by Crippen LogP contribution is 2.29. The minimum absolute atomic E-state index is 0.223. The van der Waals surface area contributed by atoms with Gasteiger partial charge in [-0.25, -0.2) is 8.42 Å². The Bertz CT molecular complexity index is 835. The summed E-state index contributed by atoms with van der Waals surface area (Å²) in [5, 5.41) is 0.422. The van der Waals surface area contributed by atoms with Crippen LogP contribution < -0.4 is 9.64 Å². The molecule has 1 fully saturated rings. The van der Waals surface area contributed by atoms with E-state index in [-0.39, 0.29) is 4.90 Å². The number of hydrogen-bond donors (Lipinski definition) is 0. The maximum absolute atomic E-state index is 13.0. The van der Waals surface area contributed by atoms with Crippen LogP contribution in [0.25, 0.3) is 0 Å². The van der Waals surface area contributed by atoms with Gasteiger partial charge in [-0.2, -0.15) is 4.31 Å². The van der Waals surface area contributed by atoms with Crippen molar-refractivity contribution in [3.05, 3.63) is 53.6 Å². The van der Waals surface area contributed by atoms with Crippen LogP contribution in [0.5, 0.6) is 5.75 Å². The summed E-state index contributed by atoms with van der Waals surface area (Å²) in [5.41, 5.74) is 1.12. The van der Waals surface area contributed by atoms with Gasteiger partial charge in [-0.15, -0.1) is 0 Å². The highest BCUT2D eigenvalue weighted by Gasteiger charge is 2.29. The van der Waals surface area contributed by atoms with Gasteiger partial charge in [-0.3, -0.25) is 0 Å². The van der Waals surface area contributed by atoms with Gasteiger partial charge in [0.15, 0.2) is 0 Å². The molecule has 1 heterocycles. The summed E-state index contributed by atoms with van der Waals surface area (Å²) in [6.07, 6.45) is 0.828. The number of sulfonamides is 1. The second-order valence-electron chi connectivity index (χ2n) is 6.17. The van der Waals surface area contributed by atoms with E-state index in [0.29, 0.717) is 43.6 Å². The highest BCUT2D eigenvalue weighted by atomic mass is 35.5. The van der Waals surface area contributed by atoms with Gasteiger partial charge >= 0.3 is 0 Å². The van der Waals surface area contributed by atoms with Gasteiger partial charge in [0, 0.05) is 37.9 Å². The molecule has 3 rings (SSSR count). The van der Waals surface area contributed by atoms with Gasteiger partial charge in [0.2, 0.25) is 10.0 Å². The fourth-order valence-electron chi connectivity index (χ4n) is 2.94. The zero-order valence-corrected chi connectivity index (χ0v) is 16.3. The van der Waals surface area contributed by atoms with Crippen LogP contribution in [-0.2, 0) is 10.0 Å². The first kappa shape index (κ1) is 19.0. The average molecular weight is 395 g/mol. The minimum atomic E-state index is -3.56. The lowest BCUT2D eigenvalue weighted by molar-refractivity contribution is 0.316. The maximum atomic E-state index is 13.0. The summed E-state index contributed by atoms with van der Waals surface area (Å²) in [7, 11) is -3.56. The summed E-state index contributed by atoms with van der Waals surface area (Å²) in [5.74, 6) is 0.414. The Kier molecular flexibility index (Phi) is 6.06. The van der Waals surface area contributed by atoms with Crippen LogP contribution >= 0.6 is 11.6 Å². The molecule has 0 unspecified atom stereocenters. The summed E-state index contributed by atoms with van der Waals surface area (Å²) in [4.78, 5) is 2.42. The molecular formula is C19H23ClN2O3S. The third kappa shape index (κ3) is 4.14. The second kappa shape index (κ2) is 8.29. The van der Waals surface area contributed by atoms with Gasteiger partial charge in [-0.05, 0) is 30.7 Å². The van der Waals surface area contributed by atoms with Crippen LogP contribution in [0.3, 0.4) is 0 Å². The van der Waals surface area contributed by atoms with E-state index < -0.39 is 10.0 Å². The first-order chi connectivity index (χ1) is 12.5. The first-order valence-corrected chi connectivity index (χ1v) is 10.6. The van der Waals surface area contributed by atoms with E-state index in [0.717, 1.165) is 12.1 Å². The Morgan fingerprint density at radius 3 is 2.38 bits per heavy atom. The topological polar surface area (TPSA) is 49.9 Å². The molecule has 26 heavy (non-hydrogen) atoms. The maximum Gasteiger partial charge on any atom is 0.243 e. The predicted octanol–water partition coefficient (Wildman–Crippen LogP) is 3.64. The van der Waals surface area contributed by atoms with Gasteiger partial charge in [0.05, 0.1) is 16.5 Å². The molecule has 0 atom stereocenters. The van der Waals surface area contributed by atoms with E-state index in [2.05, 4.69) is 4.90 Å². The molecule has 0 N–H and O–H groups in total. The van der Waals surface area contributed by atoms with E-state index in [9.17, 15) is 8.42 Å². The van der Waals surface area contributed by atoms with Crippen molar-refractivity contribution in [3.8, 4) is 5.75 Å². The van der Waals surface area contributed by atoms with Crippen molar-refractivity contribution in [1.82, 2.24) is 4.31 Å². The number of piperazine rings is 1. The molecule has 0 bridgehead atoms. The lowest BCUT2D eigenvalue weighted by Crippen LogP contribution is -2.48. The van der Waals surface area contributed by atoms with Crippen molar-refractivity contribution < 1.29 is 13.2 Å². The standard InChI is InChI=1S/C19H23ClN2O3S/c1-2-14-25-19-15-17(8-9-18(19)20)26(23,24)22-12-10-21(11-13-22)16-6-4-3-5-7-16/h3-9,15H,2,10-14H2,1H3. The number of rotatable bonds is 6. The number of halogens is 1. The fourth-order valence-corrected chi connectivity index (χ4v) is 4.55. The molecule has 7 heteroatoms. The van der Waals surface area contributed by atoms with Crippen molar-refractivity contribution >= 4 is 27.3 Å². The first-order valence-electron chi connectivity index (χ1n) is 8.75. The Balaban J connectivity index is 1.73. The monoisotopic (exact) mass is 394 g/mol. The van der Waals surface area contributed by atoms with Gasteiger partial charge in [0.1, 0.15) is 5.75 Å². The molecule has 0 radical (unpaired) electrons. The van der Waals surface area contributed by atoms with E-state index in [1.54, 1.807) is 12.1 Å². The zero-order valence-electron chi connectivity index (χ0n) is 14.8. The lowest BCUT2D eigenvalue weighted by Gasteiger charge is -2.35. The number of benzene rings is 2. The molecular weight excluding hydrogens is 372 g/mol. The van der Waals surface area contributed by atoms with Crippen LogP contribution in [0.1, 0.15) is 13.3 Å². The van der Waals surface area contributed by atoms with Crippen LogP contribution in [0, 0.1) is 0 Å². The van der Waals surface area contributed by atoms with E-state index in [4.69, 9.17) is 16.3 Å². The van der Waals surface area contributed by atoms with Crippen LogP contribution in [0.4, 0.5) is 5.69 Å². The molecule has 5 nitrogen and oxygen atoms in total. The summed E-state index contributed by atoms with van der Waals surface area (Å²) >= 11 is 6.11. The Morgan fingerprint density at radius 1 is 1.04 bits per heavy atom. The summed E-state index contributed by atoms with van der Waals surface area (Å²) < 4.78 is 33.0. The van der Waals surface area contributed by atoms with E-state index >= 15 is 0 Å². The molecule has 140 valence electrons. The van der Waals surface area contributed by atoms with Crippen molar-refractivity contribution in [2.75, 3.05) is 37.7 Å². The number of hydrogen-bond acceptors (Lipinski definition) is 4. The Hall–Kier alpha value is -1.76. The number of anilines is 1. The molecule has 0 saturated carbocycles. The summed E-state index contributed by atoms with van der Waals surface area (Å²) in [6, 6.07) is 14.7. The van der Waals surface area contributed by atoms with Crippen molar-refractivity contribution in [2.45, 2.75) is 18.2 Å². The van der Waals surface area contributed by atoms with Crippen LogP contribution in [0.2, 0.25) is 5.02 Å². The molecule has 0 aliphatic carbocycles. The Labute approximate surface area is 160 Å². The van der Waals surface area contributed by atoms with Gasteiger partial charge in [0.25, 0.3) is 0 Å². The molecule has 0 spiro atoms. The molecule has 0 amide bonds. The van der Waals surface area contributed by atoms with Gasteiger partial charge in [-0.1, -0.05) is 36.7 Å². The molecule has 1 aliphatic rings. The Morgan fingerprint density at radius 2 is 1.73 bits per heavy atom. The quantitative estimate of drug-likeness (QED) is 0.750. The smallest absolute Gasteiger partial charge is 0.243 e. The molecule has 1 saturated heterocycles. The molecule has 2 aromatic carbocycles. The van der Waals surface area contributed by atoms with Crippen molar-refractivity contribution in [3.63, 3.8) is 0 Å². The van der Waals surface area contributed by atoms with Crippen LogP contribution in [-0.4, -0.2) is 45.5 Å². The second-order valence-corrected chi connectivity index (χ2v) is 8.51. The van der Waals surface area contributed by atoms with E-state index in [1.807, 2.05) is 37.3 Å². The third-order valence-corrected chi connectivity index (χ3v) is 6.57. The zero-order chi connectivity index (χ0) is 18.6. The molecule has 2 aromatic rings. The predicted molar refractivity (Wildman–Crippen MR) is 105 cm³/mol. The third-order valence-electron chi connectivity index (χ3n) is 4.36. The number of nitrogens with zero attached hydrogens (tertiary/aromatic N) is 2. The number of ether oxygens (including phenoxy) is 1. The minimum Gasteiger partial charge on any atom is -0.492 e. The van der Waals surface area contributed by atoms with Crippen LogP contribution in [0.15, 0.2) is 53.4 Å². The SMILES string of the molecule is CCCOc1cc(S(=O)(=O)N2CCN(c3ccccc3)CC2)ccc1Cl. The lowest BCUT2D eigenvalue weighted by atomic mass is 10.2. The normalized spacial score (nSPS) is 15.8. The summed E-state index contributed by atoms with van der Waals surface area (Å²) in [6.45, 7) is 4.71. The number of para-hydroxylation sites is 1. The average Bonchev–Trinajstić information content (AvgIpc) is 2.68. The highest BCUT2D eigenvalue weighted by molar-refractivity contribution is 7.89. The fraction of sp³-hybridized carbons (Fsp3) is 0.368. The largest absolute Gasteiger partial charge is 0.492 e. The molecule has 1 aliphatic heterocycles. The van der Waals surface area contributed by atoms with Crippen molar-refractivity contribution in [2.24, 2.45) is 0 Å². The van der Waals surface area contributed by atoms with E-state index in [1.165, 1.54) is 10.4 Å². The van der Waals surface area contributed by atoms with Crippen molar-refractivity contribution in [1.29, 1.82) is 0 Å².